The van der Waals surface area contributed by atoms with Crippen LogP contribution in [0.25, 0.3) is 0 Å². The minimum atomic E-state index is -3.48. The third-order valence-corrected chi connectivity index (χ3v) is 5.24. The number of nitrogens with one attached hydrogen (secondary N) is 1. The van der Waals surface area contributed by atoms with Gasteiger partial charge in [0.1, 0.15) is 0 Å². The van der Waals surface area contributed by atoms with Crippen molar-refractivity contribution in [1.82, 2.24) is 4.72 Å². The monoisotopic (exact) mass is 351 g/mol. The van der Waals surface area contributed by atoms with E-state index in [4.69, 9.17) is 11.6 Å². The molecule has 0 aromatic heterocycles. The fraction of sp³-hybridized carbons (Fsp3) is 0.333. The molecular formula is C18H22ClNO2S. The Morgan fingerprint density at radius 2 is 1.61 bits per heavy atom. The number of hydrogen-bond donors (Lipinski definition) is 1. The van der Waals surface area contributed by atoms with Crippen LogP contribution in [0, 0.1) is 5.92 Å². The molecule has 0 aliphatic carbocycles. The molecule has 5 heteroatoms. The van der Waals surface area contributed by atoms with Gasteiger partial charge in [0.15, 0.2) is 0 Å². The molecule has 0 aliphatic rings. The summed E-state index contributed by atoms with van der Waals surface area (Å²) in [6, 6.07) is 16.5. The summed E-state index contributed by atoms with van der Waals surface area (Å²) in [6.07, 6.45) is 0.742. The second-order valence-corrected chi connectivity index (χ2v) is 8.22. The summed E-state index contributed by atoms with van der Waals surface area (Å²) in [6.45, 7) is 4.16. The molecule has 0 saturated heterocycles. The molecule has 0 bridgehead atoms. The summed E-state index contributed by atoms with van der Waals surface area (Å²) >= 11 is 6.08. The van der Waals surface area contributed by atoms with Gasteiger partial charge in [0, 0.05) is 11.1 Å². The Morgan fingerprint density at radius 3 is 2.22 bits per heavy atom. The number of rotatable bonds is 7. The van der Waals surface area contributed by atoms with Crippen LogP contribution in [0.2, 0.25) is 5.02 Å². The van der Waals surface area contributed by atoms with E-state index < -0.39 is 10.0 Å². The molecule has 1 N–H and O–H groups in total. The van der Waals surface area contributed by atoms with Gasteiger partial charge in [-0.2, -0.15) is 0 Å². The normalized spacial score (nSPS) is 13.2. The Balaban J connectivity index is 2.19. The largest absolute Gasteiger partial charge is 0.216 e. The van der Waals surface area contributed by atoms with Crippen LogP contribution >= 0.6 is 11.6 Å². The highest BCUT2D eigenvalue weighted by Crippen LogP contribution is 2.24. The number of halogens is 1. The summed E-state index contributed by atoms with van der Waals surface area (Å²) in [4.78, 5) is 0. The van der Waals surface area contributed by atoms with Crippen molar-refractivity contribution in [2.45, 2.75) is 32.1 Å². The zero-order valence-electron chi connectivity index (χ0n) is 13.4. The first-order valence-electron chi connectivity index (χ1n) is 7.66. The molecule has 0 radical (unpaired) electrons. The van der Waals surface area contributed by atoms with Crippen molar-refractivity contribution in [3.63, 3.8) is 0 Å². The molecule has 0 spiro atoms. The maximum atomic E-state index is 12.5. The Labute approximate surface area is 143 Å². The van der Waals surface area contributed by atoms with Gasteiger partial charge in [-0.05, 0) is 29.5 Å². The molecule has 0 unspecified atom stereocenters. The standard InChI is InChI=1S/C18H22ClNO2S/c1-14(2)12-18(15-8-4-3-5-9-15)20-23(21,22)13-16-10-6-7-11-17(16)19/h3-11,14,18,20H,12-13H2,1-2H3/t18-/m1/s1. The van der Waals surface area contributed by atoms with Gasteiger partial charge in [0.05, 0.1) is 5.75 Å². The maximum Gasteiger partial charge on any atom is 0.216 e. The smallest absolute Gasteiger partial charge is 0.212 e. The fourth-order valence-electron chi connectivity index (χ4n) is 2.49. The molecule has 2 aromatic rings. The van der Waals surface area contributed by atoms with E-state index in [9.17, 15) is 8.42 Å². The Bertz CT molecular complexity index is 730. The van der Waals surface area contributed by atoms with Crippen molar-refractivity contribution < 1.29 is 8.42 Å². The van der Waals surface area contributed by atoms with Crippen LogP contribution in [0.5, 0.6) is 0 Å². The molecule has 2 rings (SSSR count). The van der Waals surface area contributed by atoms with E-state index in [0.29, 0.717) is 16.5 Å². The molecule has 3 nitrogen and oxygen atoms in total. The second-order valence-electron chi connectivity index (χ2n) is 6.06. The molecular weight excluding hydrogens is 330 g/mol. The molecule has 0 fully saturated rings. The number of sulfonamides is 1. The molecule has 124 valence electrons. The molecule has 23 heavy (non-hydrogen) atoms. The molecule has 0 amide bonds. The van der Waals surface area contributed by atoms with Crippen molar-refractivity contribution in [2.24, 2.45) is 5.92 Å². The van der Waals surface area contributed by atoms with Crippen molar-refractivity contribution in [1.29, 1.82) is 0 Å². The SMILES string of the molecule is CC(C)C[C@@H](NS(=O)(=O)Cc1ccccc1Cl)c1ccccc1. The summed E-state index contributed by atoms with van der Waals surface area (Å²) in [5.41, 5.74) is 1.59. The minimum Gasteiger partial charge on any atom is -0.212 e. The van der Waals surface area contributed by atoms with E-state index in [2.05, 4.69) is 18.6 Å². The third kappa shape index (κ3) is 5.65. The summed E-state index contributed by atoms with van der Waals surface area (Å²) < 4.78 is 27.9. The van der Waals surface area contributed by atoms with Crippen LogP contribution in [0.3, 0.4) is 0 Å². The Kier molecular flexibility index (Phi) is 6.22. The first-order valence-corrected chi connectivity index (χ1v) is 9.69. The highest BCUT2D eigenvalue weighted by Gasteiger charge is 2.21. The fourth-order valence-corrected chi connectivity index (χ4v) is 4.18. The average Bonchev–Trinajstić information content (AvgIpc) is 2.49. The van der Waals surface area contributed by atoms with E-state index in [-0.39, 0.29) is 11.8 Å². The second kappa shape index (κ2) is 7.95. The molecule has 0 saturated carbocycles. The van der Waals surface area contributed by atoms with Gasteiger partial charge in [0.25, 0.3) is 0 Å². The Hall–Kier alpha value is -1.36. The lowest BCUT2D eigenvalue weighted by atomic mass is 9.98. The lowest BCUT2D eigenvalue weighted by molar-refractivity contribution is 0.472. The van der Waals surface area contributed by atoms with Gasteiger partial charge in [-0.3, -0.25) is 0 Å². The first kappa shape index (κ1) is 18.0. The lowest BCUT2D eigenvalue weighted by Crippen LogP contribution is -2.30. The lowest BCUT2D eigenvalue weighted by Gasteiger charge is -2.21. The molecule has 1 atom stereocenters. The van der Waals surface area contributed by atoms with E-state index in [1.807, 2.05) is 30.3 Å². The molecule has 0 heterocycles. The van der Waals surface area contributed by atoms with Gasteiger partial charge in [-0.15, -0.1) is 0 Å². The van der Waals surface area contributed by atoms with Crippen molar-refractivity contribution in [2.75, 3.05) is 0 Å². The van der Waals surface area contributed by atoms with E-state index in [1.54, 1.807) is 24.3 Å². The van der Waals surface area contributed by atoms with Crippen molar-refractivity contribution in [3.05, 3.63) is 70.7 Å². The van der Waals surface area contributed by atoms with Gasteiger partial charge in [-0.25, -0.2) is 13.1 Å². The van der Waals surface area contributed by atoms with Crippen LogP contribution in [0.15, 0.2) is 54.6 Å². The molecule has 2 aromatic carbocycles. The minimum absolute atomic E-state index is 0.117. The van der Waals surface area contributed by atoms with Gasteiger partial charge < -0.3 is 0 Å². The highest BCUT2D eigenvalue weighted by molar-refractivity contribution is 7.88. The van der Waals surface area contributed by atoms with Crippen LogP contribution in [0.1, 0.15) is 37.4 Å². The molecule has 0 aliphatic heterocycles. The van der Waals surface area contributed by atoms with Crippen LogP contribution in [-0.2, 0) is 15.8 Å². The number of hydrogen-bond acceptors (Lipinski definition) is 2. The summed E-state index contributed by atoms with van der Waals surface area (Å²) in [7, 11) is -3.48. The van der Waals surface area contributed by atoms with Gasteiger partial charge >= 0.3 is 0 Å². The quantitative estimate of drug-likeness (QED) is 0.795. The van der Waals surface area contributed by atoms with E-state index in [0.717, 1.165) is 12.0 Å². The van der Waals surface area contributed by atoms with Gasteiger partial charge in [-0.1, -0.05) is 74.0 Å². The average molecular weight is 352 g/mol. The maximum absolute atomic E-state index is 12.5. The van der Waals surface area contributed by atoms with E-state index >= 15 is 0 Å². The van der Waals surface area contributed by atoms with Crippen molar-refractivity contribution >= 4 is 21.6 Å². The predicted octanol–water partition coefficient (Wildman–Crippen LogP) is 4.55. The van der Waals surface area contributed by atoms with Gasteiger partial charge in [0.2, 0.25) is 10.0 Å². The zero-order valence-corrected chi connectivity index (χ0v) is 14.9. The van der Waals surface area contributed by atoms with E-state index in [1.165, 1.54) is 0 Å². The topological polar surface area (TPSA) is 46.2 Å². The summed E-state index contributed by atoms with van der Waals surface area (Å²) in [5.74, 6) is 0.261. The zero-order chi connectivity index (χ0) is 16.9. The van der Waals surface area contributed by atoms with Crippen LogP contribution < -0.4 is 4.72 Å². The third-order valence-electron chi connectivity index (χ3n) is 3.53. The Morgan fingerprint density at radius 1 is 1.00 bits per heavy atom. The summed E-state index contributed by atoms with van der Waals surface area (Å²) in [5, 5.41) is 0.470. The first-order chi connectivity index (χ1) is 10.9. The van der Waals surface area contributed by atoms with Crippen LogP contribution in [-0.4, -0.2) is 8.42 Å². The predicted molar refractivity (Wildman–Crippen MR) is 95.8 cm³/mol. The van der Waals surface area contributed by atoms with Crippen LogP contribution in [0.4, 0.5) is 0 Å². The number of benzene rings is 2. The van der Waals surface area contributed by atoms with Crippen molar-refractivity contribution in [3.8, 4) is 0 Å². The highest BCUT2D eigenvalue weighted by atomic mass is 35.5.